The number of nitrogens with zero attached hydrogens (tertiary/aromatic N) is 2. The highest BCUT2D eigenvalue weighted by atomic mass is 32.1. The zero-order valence-corrected chi connectivity index (χ0v) is 41.2. The Morgan fingerprint density at radius 1 is 0.778 bits per heavy atom. The molecule has 0 aromatic carbocycles. The average molecular weight is 1040 g/mol. The fraction of sp³-hybridized carbons (Fsp3) is 0.643. The minimum absolute atomic E-state index is 0.0835. The number of carbonyl (C=O) groups is 12. The summed E-state index contributed by atoms with van der Waals surface area (Å²) in [6.45, 7) is 3.65. The summed E-state index contributed by atoms with van der Waals surface area (Å²) >= 11 is 4.16. The number of likely N-dealkylation sites (tertiary alicyclic amines) is 1. The molecule has 0 spiro atoms. The van der Waals surface area contributed by atoms with Gasteiger partial charge >= 0.3 is 5.97 Å². The van der Waals surface area contributed by atoms with Crippen molar-refractivity contribution in [2.45, 2.75) is 133 Å². The van der Waals surface area contributed by atoms with Crippen molar-refractivity contribution in [3.05, 3.63) is 18.2 Å². The summed E-state index contributed by atoms with van der Waals surface area (Å²) in [5, 5.41) is 37.1. The average Bonchev–Trinajstić information content (AvgIpc) is 4.05. The number of carboxylic acid groups (broad SMARTS) is 1. The van der Waals surface area contributed by atoms with Crippen molar-refractivity contribution in [2.24, 2.45) is 28.9 Å². The molecule has 0 aliphatic carbocycles. The summed E-state index contributed by atoms with van der Waals surface area (Å²) < 4.78 is 0. The van der Waals surface area contributed by atoms with E-state index in [0.717, 1.165) is 0 Å². The summed E-state index contributed by atoms with van der Waals surface area (Å²) in [6.07, 6.45) is 2.68. The van der Waals surface area contributed by atoms with E-state index in [0.29, 0.717) is 25.0 Å². The number of nitrogens with two attached hydrogens (primary N) is 4. The van der Waals surface area contributed by atoms with Crippen molar-refractivity contribution >= 4 is 83.6 Å². The maximum absolute atomic E-state index is 13.7. The lowest BCUT2D eigenvalue weighted by atomic mass is 9.98. The van der Waals surface area contributed by atoms with Gasteiger partial charge in [-0.25, -0.2) is 9.78 Å². The van der Waals surface area contributed by atoms with Gasteiger partial charge in [0.2, 0.25) is 65.0 Å². The van der Waals surface area contributed by atoms with Crippen LogP contribution in [0.2, 0.25) is 0 Å². The first-order valence-electron chi connectivity index (χ1n) is 23.1. The molecule has 19 N–H and O–H groups in total. The number of aliphatic hydroxyl groups is 1. The second-order valence-electron chi connectivity index (χ2n) is 17.1. The molecule has 11 amide bonds. The number of unbranched alkanes of at least 4 members (excludes halogenated alkanes) is 1. The van der Waals surface area contributed by atoms with Gasteiger partial charge in [0.25, 0.3) is 0 Å². The predicted octanol–water partition coefficient (Wildman–Crippen LogP) is -7.27. The molecule has 29 nitrogen and oxygen atoms in total. The van der Waals surface area contributed by atoms with E-state index >= 15 is 0 Å². The predicted molar refractivity (Wildman–Crippen MR) is 256 cm³/mol. The number of carbonyl (C=O) groups excluding carboxylic acids is 11. The van der Waals surface area contributed by atoms with E-state index in [1.807, 2.05) is 6.92 Å². The van der Waals surface area contributed by atoms with Gasteiger partial charge in [0, 0.05) is 30.6 Å². The first kappa shape index (κ1) is 61.2. The standard InChI is InChI=1S/C42H69N15O14S/c1-4-20(2)33(46)41(69)57-11-7-9-29(57)40(68)56-28(18-72)39(67)54-26(14-31(45)60)38(66)53-25(13-30(44)59)37(65)51-23(8-5-6-10-43)35(63)48-16-32(61)50-21(3)34(62)52-24(12-22-15-47-19-49-22)36(64)55-27(17-58)42(70)71/h15,19-21,23-29,33,58,72H,4-14,16-18,43,46H2,1-3H3,(H2,44,59)(H2,45,60)(H,47,49)(H,48,63)(H,50,61)(H,51,65)(H,52,62)(H,53,66)(H,54,67)(H,55,64)(H,56,68)(H,70,71)/t20-,21-,23-,24-,25-,26-,27-,28-,29-,33-/m0/s1. The highest BCUT2D eigenvalue weighted by Crippen LogP contribution is 2.21. The number of primary amides is 2. The molecule has 1 aliphatic heterocycles. The van der Waals surface area contributed by atoms with Gasteiger partial charge in [0.15, 0.2) is 0 Å². The summed E-state index contributed by atoms with van der Waals surface area (Å²) in [5.41, 5.74) is 22.9. The molecule has 10 atom stereocenters. The summed E-state index contributed by atoms with van der Waals surface area (Å²) in [5.74, 6) is -12.4. The van der Waals surface area contributed by atoms with Crippen molar-refractivity contribution in [3.63, 3.8) is 0 Å². The topological polar surface area (TPSA) is 478 Å². The number of aliphatic hydroxyl groups excluding tert-OH is 1. The molecule has 0 saturated carbocycles. The van der Waals surface area contributed by atoms with E-state index in [1.165, 1.54) is 24.3 Å². The van der Waals surface area contributed by atoms with E-state index in [1.54, 1.807) is 6.92 Å². The van der Waals surface area contributed by atoms with Crippen molar-refractivity contribution in [1.29, 1.82) is 0 Å². The monoisotopic (exact) mass is 1040 g/mol. The minimum Gasteiger partial charge on any atom is -0.480 e. The molecule has 1 fully saturated rings. The van der Waals surface area contributed by atoms with Crippen LogP contribution in [0, 0.1) is 5.92 Å². The molecular formula is C42H69N15O14S. The Balaban J connectivity index is 2.16. The molecule has 1 aliphatic rings. The molecule has 0 unspecified atom stereocenters. The van der Waals surface area contributed by atoms with Crippen molar-refractivity contribution < 1.29 is 67.7 Å². The van der Waals surface area contributed by atoms with Crippen LogP contribution in [0.4, 0.5) is 0 Å². The number of hydrogen-bond donors (Lipinski definition) is 16. The van der Waals surface area contributed by atoms with Crippen LogP contribution >= 0.6 is 12.6 Å². The van der Waals surface area contributed by atoms with Crippen molar-refractivity contribution in [3.8, 4) is 0 Å². The fourth-order valence-electron chi connectivity index (χ4n) is 7.08. The third-order valence-corrected chi connectivity index (χ3v) is 11.8. The number of aliphatic carboxylic acids is 1. The maximum Gasteiger partial charge on any atom is 0.328 e. The third kappa shape index (κ3) is 20.1. The molecule has 2 rings (SSSR count). The molecule has 72 heavy (non-hydrogen) atoms. The van der Waals surface area contributed by atoms with Gasteiger partial charge in [-0.2, -0.15) is 12.6 Å². The normalized spacial score (nSPS) is 16.9. The Morgan fingerprint density at radius 2 is 1.33 bits per heavy atom. The summed E-state index contributed by atoms with van der Waals surface area (Å²) in [7, 11) is 0. The van der Waals surface area contributed by atoms with Crippen LogP contribution in [0.1, 0.15) is 77.8 Å². The molecule has 30 heteroatoms. The first-order valence-corrected chi connectivity index (χ1v) is 23.7. The fourth-order valence-corrected chi connectivity index (χ4v) is 7.34. The number of thiol groups is 1. The van der Waals surface area contributed by atoms with E-state index in [9.17, 15) is 67.7 Å². The van der Waals surface area contributed by atoms with Gasteiger partial charge in [-0.3, -0.25) is 52.7 Å². The number of aromatic amines is 1. The van der Waals surface area contributed by atoms with Gasteiger partial charge < -0.3 is 85.6 Å². The Kier molecular flexibility index (Phi) is 26.1. The number of amides is 11. The number of H-pyrrole nitrogens is 1. The van der Waals surface area contributed by atoms with Crippen LogP contribution in [0.5, 0.6) is 0 Å². The van der Waals surface area contributed by atoms with E-state index < -0.39 is 151 Å². The number of carboxylic acids is 1. The van der Waals surface area contributed by atoms with Gasteiger partial charge in [-0.15, -0.1) is 0 Å². The lowest BCUT2D eigenvalue weighted by Gasteiger charge is -2.30. The van der Waals surface area contributed by atoms with E-state index in [4.69, 9.17) is 22.9 Å². The highest BCUT2D eigenvalue weighted by Gasteiger charge is 2.39. The van der Waals surface area contributed by atoms with Crippen LogP contribution in [-0.2, 0) is 64.0 Å². The smallest absolute Gasteiger partial charge is 0.328 e. The van der Waals surface area contributed by atoms with Crippen LogP contribution in [0.15, 0.2) is 12.5 Å². The van der Waals surface area contributed by atoms with Gasteiger partial charge in [0.1, 0.15) is 48.3 Å². The first-order chi connectivity index (χ1) is 34.0. The van der Waals surface area contributed by atoms with Crippen molar-refractivity contribution in [1.82, 2.24) is 57.4 Å². The minimum atomic E-state index is -1.82. The Bertz CT molecular complexity index is 2080. The highest BCUT2D eigenvalue weighted by molar-refractivity contribution is 7.80. The number of imidazole rings is 1. The number of rotatable bonds is 32. The van der Waals surface area contributed by atoms with Gasteiger partial charge in [-0.1, -0.05) is 20.3 Å². The molecule has 1 saturated heterocycles. The summed E-state index contributed by atoms with van der Waals surface area (Å²) in [4.78, 5) is 163. The van der Waals surface area contributed by atoms with Crippen molar-refractivity contribution in [2.75, 3.05) is 32.0 Å². The molecule has 0 bridgehead atoms. The molecular weight excluding hydrogens is 971 g/mol. The Labute approximate surface area is 419 Å². The zero-order valence-electron chi connectivity index (χ0n) is 40.3. The number of hydrogen-bond acceptors (Lipinski definition) is 17. The largest absolute Gasteiger partial charge is 0.480 e. The zero-order chi connectivity index (χ0) is 54.2. The van der Waals surface area contributed by atoms with Crippen LogP contribution in [0.25, 0.3) is 0 Å². The van der Waals surface area contributed by atoms with Crippen LogP contribution in [-0.4, -0.2) is 182 Å². The SMILES string of the molecule is CC[C@H](C)[C@H](N)C(=O)N1CCC[C@H]1C(=O)N[C@@H](CS)C(=O)N[C@@H](CC(N)=O)C(=O)N[C@@H](CC(N)=O)C(=O)N[C@@H](CCCCN)C(=O)NCC(=O)N[C@@H](C)C(=O)N[C@@H](Cc1cnc[nH]1)C(=O)N[C@@H](CO)C(=O)O. The van der Waals surface area contributed by atoms with Gasteiger partial charge in [-0.05, 0) is 51.5 Å². The van der Waals surface area contributed by atoms with E-state index in [-0.39, 0.29) is 50.4 Å². The molecule has 1 aromatic rings. The molecule has 2 heterocycles. The lowest BCUT2D eigenvalue weighted by Crippen LogP contribution is -2.60. The molecule has 1 aromatic heterocycles. The lowest BCUT2D eigenvalue weighted by molar-refractivity contribution is -0.143. The maximum atomic E-state index is 13.7. The third-order valence-electron chi connectivity index (χ3n) is 11.5. The number of aromatic nitrogens is 2. The van der Waals surface area contributed by atoms with Crippen LogP contribution in [0.3, 0.4) is 0 Å². The Morgan fingerprint density at radius 3 is 1.85 bits per heavy atom. The molecule has 402 valence electrons. The van der Waals surface area contributed by atoms with Crippen LogP contribution < -0.4 is 65.5 Å². The Hall–Kier alpha value is -6.92. The second-order valence-corrected chi connectivity index (χ2v) is 17.4. The molecule has 0 radical (unpaired) electrons. The quantitative estimate of drug-likeness (QED) is 0.0235. The van der Waals surface area contributed by atoms with E-state index in [2.05, 4.69) is 65.1 Å². The van der Waals surface area contributed by atoms with Gasteiger partial charge in [0.05, 0.1) is 38.4 Å². The summed E-state index contributed by atoms with van der Waals surface area (Å²) in [6, 6.07) is -12.7. The second kappa shape index (κ2) is 30.7. The number of nitrogens with one attached hydrogen (secondary N) is 9.